The zero-order valence-corrected chi connectivity index (χ0v) is 11.8. The van der Waals surface area contributed by atoms with E-state index in [0.29, 0.717) is 0 Å². The summed E-state index contributed by atoms with van der Waals surface area (Å²) in [5.74, 6) is -4.61. The summed E-state index contributed by atoms with van der Waals surface area (Å²) in [7, 11) is 2.16. The van der Waals surface area contributed by atoms with E-state index in [2.05, 4.69) is 20.1 Å². The van der Waals surface area contributed by atoms with Crippen molar-refractivity contribution in [2.45, 2.75) is 25.9 Å². The van der Waals surface area contributed by atoms with Crippen LogP contribution in [0.2, 0.25) is 0 Å². The maximum atomic E-state index is 12.0. The molecule has 0 aromatic heterocycles. The predicted octanol–water partition coefficient (Wildman–Crippen LogP) is -1.41. The van der Waals surface area contributed by atoms with Crippen molar-refractivity contribution in [3.8, 4) is 0 Å². The molecule has 1 rings (SSSR count). The number of rotatable bonds is 4. The summed E-state index contributed by atoms with van der Waals surface area (Å²) in [5.41, 5.74) is 0. The second kappa shape index (κ2) is 6.36. The summed E-state index contributed by atoms with van der Waals surface area (Å²) in [5, 5.41) is 4.86. The van der Waals surface area contributed by atoms with E-state index in [1.54, 1.807) is 13.8 Å². The molecule has 112 valence electrons. The van der Waals surface area contributed by atoms with Crippen molar-refractivity contribution in [2.75, 3.05) is 14.2 Å². The van der Waals surface area contributed by atoms with Gasteiger partial charge in [0.15, 0.2) is 5.92 Å². The first-order valence-corrected chi connectivity index (χ1v) is 6.09. The van der Waals surface area contributed by atoms with Crippen molar-refractivity contribution in [3.63, 3.8) is 0 Å². The molecule has 0 saturated carbocycles. The first-order chi connectivity index (χ1) is 9.33. The number of carbonyl (C=O) groups is 4. The molecule has 8 nitrogen and oxygen atoms in total. The number of hydrogen-bond donors (Lipinski definition) is 2. The van der Waals surface area contributed by atoms with Crippen LogP contribution in [0.15, 0.2) is 0 Å². The molecular formula is C12H18N2O6. The SMILES string of the molecule is COC(=O)C(C(=O)OC)[C@H]1NC(=O)[C@H](C(C)C)NC1=O. The first kappa shape index (κ1) is 15.9. The van der Waals surface area contributed by atoms with Crippen LogP contribution in [-0.4, -0.2) is 50.1 Å². The summed E-state index contributed by atoms with van der Waals surface area (Å²) in [6.07, 6.45) is 0. The van der Waals surface area contributed by atoms with Gasteiger partial charge in [0.05, 0.1) is 14.2 Å². The van der Waals surface area contributed by atoms with Gasteiger partial charge in [0.1, 0.15) is 12.1 Å². The molecule has 1 fully saturated rings. The Balaban J connectivity index is 2.99. The molecule has 20 heavy (non-hydrogen) atoms. The normalized spacial score (nSPS) is 22.3. The van der Waals surface area contributed by atoms with Gasteiger partial charge in [0.25, 0.3) is 0 Å². The first-order valence-electron chi connectivity index (χ1n) is 6.09. The number of nitrogens with one attached hydrogen (secondary N) is 2. The maximum Gasteiger partial charge on any atom is 0.322 e. The molecule has 2 N–H and O–H groups in total. The lowest BCUT2D eigenvalue weighted by Crippen LogP contribution is -2.67. The third kappa shape index (κ3) is 3.06. The van der Waals surface area contributed by atoms with Gasteiger partial charge in [-0.2, -0.15) is 0 Å². The van der Waals surface area contributed by atoms with Crippen molar-refractivity contribution in [2.24, 2.45) is 11.8 Å². The summed E-state index contributed by atoms with van der Waals surface area (Å²) >= 11 is 0. The number of esters is 2. The average molecular weight is 286 g/mol. The number of methoxy groups -OCH3 is 2. The van der Waals surface area contributed by atoms with Crippen molar-refractivity contribution in [1.82, 2.24) is 10.6 Å². The third-order valence-corrected chi connectivity index (χ3v) is 3.07. The van der Waals surface area contributed by atoms with Gasteiger partial charge >= 0.3 is 11.9 Å². The topological polar surface area (TPSA) is 111 Å². The molecule has 2 atom stereocenters. The standard InChI is InChI=1S/C12H18N2O6/c1-5(2)7-9(15)14-8(10(16)13-7)6(11(17)19-3)12(18)20-4/h5-8H,1-4H3,(H,13,16)(H,14,15)/t7-,8+/m0/s1. The molecule has 1 saturated heterocycles. The Labute approximate surface area is 116 Å². The second-order valence-corrected chi connectivity index (χ2v) is 4.74. The lowest BCUT2D eigenvalue weighted by molar-refractivity contribution is -0.163. The second-order valence-electron chi connectivity index (χ2n) is 4.74. The summed E-state index contributed by atoms with van der Waals surface area (Å²) in [4.78, 5) is 47.1. The fourth-order valence-corrected chi connectivity index (χ4v) is 1.94. The van der Waals surface area contributed by atoms with Crippen LogP contribution >= 0.6 is 0 Å². The maximum absolute atomic E-state index is 12.0. The monoisotopic (exact) mass is 286 g/mol. The van der Waals surface area contributed by atoms with Crippen molar-refractivity contribution in [3.05, 3.63) is 0 Å². The average Bonchev–Trinajstić information content (AvgIpc) is 2.41. The third-order valence-electron chi connectivity index (χ3n) is 3.07. The largest absolute Gasteiger partial charge is 0.468 e. The van der Waals surface area contributed by atoms with E-state index in [1.807, 2.05) is 0 Å². The van der Waals surface area contributed by atoms with Gasteiger partial charge in [-0.1, -0.05) is 13.8 Å². The molecule has 0 bridgehead atoms. The van der Waals surface area contributed by atoms with Crippen LogP contribution in [0.5, 0.6) is 0 Å². The molecule has 0 aromatic rings. The van der Waals surface area contributed by atoms with Gasteiger partial charge < -0.3 is 20.1 Å². The van der Waals surface area contributed by atoms with Crippen LogP contribution < -0.4 is 10.6 Å². The van der Waals surface area contributed by atoms with E-state index in [9.17, 15) is 19.2 Å². The van der Waals surface area contributed by atoms with Crippen LogP contribution in [0.4, 0.5) is 0 Å². The van der Waals surface area contributed by atoms with E-state index in [-0.39, 0.29) is 5.92 Å². The Hall–Kier alpha value is -2.12. The Kier molecular flexibility index (Phi) is 5.06. The van der Waals surface area contributed by atoms with E-state index < -0.39 is 41.8 Å². The van der Waals surface area contributed by atoms with Crippen LogP contribution in [0.3, 0.4) is 0 Å². The molecule has 0 unspecified atom stereocenters. The molecule has 1 heterocycles. The van der Waals surface area contributed by atoms with Crippen LogP contribution in [0.1, 0.15) is 13.8 Å². The van der Waals surface area contributed by atoms with Gasteiger partial charge in [-0.15, -0.1) is 0 Å². The molecule has 8 heteroatoms. The van der Waals surface area contributed by atoms with Crippen LogP contribution in [-0.2, 0) is 28.7 Å². The Morgan fingerprint density at radius 2 is 1.35 bits per heavy atom. The van der Waals surface area contributed by atoms with Gasteiger partial charge in [-0.25, -0.2) is 0 Å². The lowest BCUT2D eigenvalue weighted by Gasteiger charge is -2.33. The molecule has 0 spiro atoms. The highest BCUT2D eigenvalue weighted by atomic mass is 16.5. The van der Waals surface area contributed by atoms with Gasteiger partial charge in [0, 0.05) is 0 Å². The smallest absolute Gasteiger partial charge is 0.322 e. The highest BCUT2D eigenvalue weighted by molar-refractivity contribution is 6.06. The fourth-order valence-electron chi connectivity index (χ4n) is 1.94. The molecule has 2 amide bonds. The van der Waals surface area contributed by atoms with Crippen LogP contribution in [0, 0.1) is 11.8 Å². The van der Waals surface area contributed by atoms with Crippen molar-refractivity contribution in [1.29, 1.82) is 0 Å². The fraction of sp³-hybridized carbons (Fsp3) is 0.667. The quantitative estimate of drug-likeness (QED) is 0.485. The Morgan fingerprint density at radius 3 is 1.75 bits per heavy atom. The van der Waals surface area contributed by atoms with Gasteiger partial charge in [-0.3, -0.25) is 19.2 Å². The number of hydrogen-bond acceptors (Lipinski definition) is 6. The summed E-state index contributed by atoms with van der Waals surface area (Å²) in [6, 6.07) is -2.04. The minimum absolute atomic E-state index is 0.116. The molecule has 1 aliphatic heterocycles. The Morgan fingerprint density at radius 1 is 0.950 bits per heavy atom. The lowest BCUT2D eigenvalue weighted by atomic mass is 9.93. The minimum Gasteiger partial charge on any atom is -0.468 e. The highest BCUT2D eigenvalue weighted by Gasteiger charge is 2.46. The number of ether oxygens (including phenoxy) is 2. The van der Waals surface area contributed by atoms with Crippen molar-refractivity contribution >= 4 is 23.8 Å². The molecule has 0 aliphatic carbocycles. The molecule has 0 radical (unpaired) electrons. The Bertz CT molecular complexity index is 418. The molecular weight excluding hydrogens is 268 g/mol. The zero-order valence-electron chi connectivity index (χ0n) is 11.8. The highest BCUT2D eigenvalue weighted by Crippen LogP contribution is 2.15. The number of amides is 2. The zero-order chi connectivity index (χ0) is 15.4. The van der Waals surface area contributed by atoms with E-state index >= 15 is 0 Å². The number of piperazine rings is 1. The predicted molar refractivity (Wildman–Crippen MR) is 66.2 cm³/mol. The minimum atomic E-state index is -1.53. The summed E-state index contributed by atoms with van der Waals surface area (Å²) < 4.78 is 8.95. The van der Waals surface area contributed by atoms with E-state index in [1.165, 1.54) is 0 Å². The number of carbonyl (C=O) groups excluding carboxylic acids is 4. The van der Waals surface area contributed by atoms with E-state index in [0.717, 1.165) is 14.2 Å². The van der Waals surface area contributed by atoms with Gasteiger partial charge in [0.2, 0.25) is 11.8 Å². The van der Waals surface area contributed by atoms with Gasteiger partial charge in [-0.05, 0) is 5.92 Å². The summed E-state index contributed by atoms with van der Waals surface area (Å²) in [6.45, 7) is 3.53. The molecule has 1 aliphatic rings. The van der Waals surface area contributed by atoms with Crippen molar-refractivity contribution < 1.29 is 28.7 Å². The van der Waals surface area contributed by atoms with E-state index in [4.69, 9.17) is 0 Å². The molecule has 0 aromatic carbocycles. The van der Waals surface area contributed by atoms with Crippen LogP contribution in [0.25, 0.3) is 0 Å².